The lowest BCUT2D eigenvalue weighted by Crippen LogP contribution is -2.37. The molecular weight excluding hydrogens is 297 g/mol. The third-order valence-corrected chi connectivity index (χ3v) is 3.50. The first-order valence-electron chi connectivity index (χ1n) is 7.60. The number of rotatable bonds is 5. The van der Waals surface area contributed by atoms with Gasteiger partial charge >= 0.3 is 0 Å². The fourth-order valence-electron chi connectivity index (χ4n) is 2.37. The summed E-state index contributed by atoms with van der Waals surface area (Å²) >= 11 is 0. The van der Waals surface area contributed by atoms with Crippen LogP contribution in [0.3, 0.4) is 0 Å². The number of para-hydroxylation sites is 1. The molecule has 1 aromatic heterocycles. The van der Waals surface area contributed by atoms with Crippen molar-refractivity contribution in [3.8, 4) is 5.69 Å². The molecule has 1 aromatic carbocycles. The molecule has 0 aliphatic heterocycles. The fourth-order valence-corrected chi connectivity index (χ4v) is 2.37. The summed E-state index contributed by atoms with van der Waals surface area (Å²) in [5.41, 5.74) is -0.0583. The predicted octanol–water partition coefficient (Wildman–Crippen LogP) is 2.60. The molecule has 0 radical (unpaired) electrons. The van der Waals surface area contributed by atoms with Crippen molar-refractivity contribution in [2.24, 2.45) is 0 Å². The van der Waals surface area contributed by atoms with Crippen LogP contribution in [0.4, 0.5) is 4.39 Å². The van der Waals surface area contributed by atoms with Crippen molar-refractivity contribution in [1.82, 2.24) is 15.1 Å². The van der Waals surface area contributed by atoms with E-state index in [9.17, 15) is 14.0 Å². The van der Waals surface area contributed by atoms with Gasteiger partial charge in [0, 0.05) is 17.8 Å². The number of halogens is 1. The Bertz CT molecular complexity index is 771. The summed E-state index contributed by atoms with van der Waals surface area (Å²) in [5.74, 6) is -1.02. The summed E-state index contributed by atoms with van der Waals surface area (Å²) in [6.07, 6.45) is 1.72. The zero-order valence-electron chi connectivity index (χ0n) is 13.5. The Morgan fingerprint density at radius 1 is 1.39 bits per heavy atom. The van der Waals surface area contributed by atoms with Crippen LogP contribution in [-0.4, -0.2) is 21.7 Å². The Labute approximate surface area is 134 Å². The van der Waals surface area contributed by atoms with E-state index in [-0.39, 0.29) is 17.4 Å². The van der Waals surface area contributed by atoms with E-state index in [2.05, 4.69) is 10.4 Å². The maximum absolute atomic E-state index is 14.0. The van der Waals surface area contributed by atoms with Crippen LogP contribution in [0, 0.1) is 12.7 Å². The van der Waals surface area contributed by atoms with Crippen LogP contribution in [0.1, 0.15) is 42.9 Å². The molecule has 0 fully saturated rings. The Hall–Kier alpha value is -2.50. The highest BCUT2D eigenvalue weighted by Gasteiger charge is 2.17. The van der Waals surface area contributed by atoms with Crippen LogP contribution in [0.5, 0.6) is 0 Å². The molecule has 1 heterocycles. The van der Waals surface area contributed by atoms with Gasteiger partial charge in [-0.05, 0) is 32.4 Å². The molecule has 5 nitrogen and oxygen atoms in total. The first kappa shape index (κ1) is 16.9. The maximum atomic E-state index is 14.0. The van der Waals surface area contributed by atoms with Gasteiger partial charge in [-0.15, -0.1) is 0 Å². The Balaban J connectivity index is 2.43. The topological polar surface area (TPSA) is 64.0 Å². The highest BCUT2D eigenvalue weighted by Crippen LogP contribution is 2.13. The third-order valence-electron chi connectivity index (χ3n) is 3.50. The van der Waals surface area contributed by atoms with Crippen molar-refractivity contribution in [3.05, 3.63) is 57.8 Å². The van der Waals surface area contributed by atoms with Gasteiger partial charge in [0.1, 0.15) is 11.5 Å². The molecule has 23 heavy (non-hydrogen) atoms. The van der Waals surface area contributed by atoms with Crippen molar-refractivity contribution in [3.63, 3.8) is 0 Å². The number of carbonyl (C=O) groups is 1. The molecule has 0 aliphatic rings. The number of nitrogens with zero attached hydrogens (tertiary/aromatic N) is 2. The normalized spacial score (nSPS) is 12.0. The molecular formula is C17H20FN3O2. The molecule has 0 bridgehead atoms. The number of nitrogens with one attached hydrogen (secondary N) is 1. The monoisotopic (exact) mass is 317 g/mol. The molecule has 0 saturated carbocycles. The average molecular weight is 317 g/mol. The quantitative estimate of drug-likeness (QED) is 0.922. The number of benzene rings is 1. The molecule has 122 valence electrons. The van der Waals surface area contributed by atoms with Gasteiger partial charge < -0.3 is 5.32 Å². The highest BCUT2D eigenvalue weighted by molar-refractivity contribution is 5.92. The minimum absolute atomic E-state index is 0.0584. The minimum atomic E-state index is -0.541. The Kier molecular flexibility index (Phi) is 5.26. The van der Waals surface area contributed by atoms with Crippen LogP contribution in [0.25, 0.3) is 5.69 Å². The van der Waals surface area contributed by atoms with Gasteiger partial charge in [-0.25, -0.2) is 9.07 Å². The van der Waals surface area contributed by atoms with Crippen LogP contribution >= 0.6 is 0 Å². The minimum Gasteiger partial charge on any atom is -0.348 e. The van der Waals surface area contributed by atoms with E-state index in [1.807, 2.05) is 13.8 Å². The molecule has 1 unspecified atom stereocenters. The smallest absolute Gasteiger partial charge is 0.276 e. The fraction of sp³-hybridized carbons (Fsp3) is 0.353. The summed E-state index contributed by atoms with van der Waals surface area (Å²) in [7, 11) is 0. The zero-order valence-corrected chi connectivity index (χ0v) is 13.5. The number of hydrogen-bond donors (Lipinski definition) is 1. The number of carbonyl (C=O) groups excluding carboxylic acids is 1. The molecule has 1 amide bonds. The highest BCUT2D eigenvalue weighted by atomic mass is 19.1. The second-order valence-corrected chi connectivity index (χ2v) is 5.52. The van der Waals surface area contributed by atoms with E-state index in [0.29, 0.717) is 5.69 Å². The van der Waals surface area contributed by atoms with Crippen molar-refractivity contribution in [2.75, 3.05) is 0 Å². The van der Waals surface area contributed by atoms with E-state index in [1.54, 1.807) is 25.1 Å². The van der Waals surface area contributed by atoms with E-state index in [1.165, 1.54) is 16.8 Å². The van der Waals surface area contributed by atoms with Crippen LogP contribution in [0.15, 0.2) is 35.1 Å². The molecule has 2 aromatic rings. The summed E-state index contributed by atoms with van der Waals surface area (Å²) in [6.45, 7) is 5.52. The first-order chi connectivity index (χ1) is 10.9. The van der Waals surface area contributed by atoms with Crippen molar-refractivity contribution >= 4 is 5.91 Å². The molecule has 6 heteroatoms. The van der Waals surface area contributed by atoms with E-state index < -0.39 is 17.2 Å². The Morgan fingerprint density at radius 2 is 2.09 bits per heavy atom. The molecule has 1 N–H and O–H groups in total. The van der Waals surface area contributed by atoms with Crippen molar-refractivity contribution in [2.45, 2.75) is 39.7 Å². The second kappa shape index (κ2) is 7.17. The van der Waals surface area contributed by atoms with Gasteiger partial charge in [0.25, 0.3) is 5.91 Å². The van der Waals surface area contributed by atoms with Gasteiger partial charge in [0.15, 0.2) is 5.69 Å². The summed E-state index contributed by atoms with van der Waals surface area (Å²) < 4.78 is 15.2. The van der Waals surface area contributed by atoms with Crippen LogP contribution in [-0.2, 0) is 0 Å². The SMILES string of the molecule is CCCC(C)NC(=O)c1nn(-c2ccccc2F)c(C)cc1=O. The lowest BCUT2D eigenvalue weighted by atomic mass is 10.2. The first-order valence-corrected chi connectivity index (χ1v) is 7.60. The van der Waals surface area contributed by atoms with E-state index >= 15 is 0 Å². The average Bonchev–Trinajstić information content (AvgIpc) is 2.48. The lowest BCUT2D eigenvalue weighted by Gasteiger charge is -2.14. The molecule has 2 rings (SSSR count). The molecule has 0 saturated heterocycles. The van der Waals surface area contributed by atoms with Gasteiger partial charge in [-0.2, -0.15) is 5.10 Å². The van der Waals surface area contributed by atoms with E-state index in [0.717, 1.165) is 12.8 Å². The molecule has 0 aliphatic carbocycles. The van der Waals surface area contributed by atoms with Crippen molar-refractivity contribution < 1.29 is 9.18 Å². The van der Waals surface area contributed by atoms with Gasteiger partial charge in [-0.1, -0.05) is 25.5 Å². The van der Waals surface area contributed by atoms with Gasteiger partial charge in [0.2, 0.25) is 5.43 Å². The number of aromatic nitrogens is 2. The number of amides is 1. The van der Waals surface area contributed by atoms with Crippen LogP contribution < -0.4 is 10.7 Å². The number of aryl methyl sites for hydroxylation is 1. The van der Waals surface area contributed by atoms with Crippen molar-refractivity contribution in [1.29, 1.82) is 0 Å². The summed E-state index contributed by atoms with van der Waals surface area (Å²) in [4.78, 5) is 24.3. The second-order valence-electron chi connectivity index (χ2n) is 5.52. The summed E-state index contributed by atoms with van der Waals surface area (Å²) in [5, 5.41) is 6.81. The van der Waals surface area contributed by atoms with Gasteiger partial charge in [0.05, 0.1) is 0 Å². The van der Waals surface area contributed by atoms with E-state index in [4.69, 9.17) is 0 Å². The molecule has 1 atom stereocenters. The summed E-state index contributed by atoms with van der Waals surface area (Å²) in [6, 6.07) is 7.31. The number of hydrogen-bond acceptors (Lipinski definition) is 3. The zero-order chi connectivity index (χ0) is 17.0. The molecule has 0 spiro atoms. The van der Waals surface area contributed by atoms with Crippen LogP contribution in [0.2, 0.25) is 0 Å². The Morgan fingerprint density at radius 3 is 2.74 bits per heavy atom. The van der Waals surface area contributed by atoms with Gasteiger partial charge in [-0.3, -0.25) is 9.59 Å². The maximum Gasteiger partial charge on any atom is 0.276 e. The standard InChI is InChI=1S/C17H20FN3O2/c1-4-7-11(2)19-17(23)16-15(22)10-12(3)21(20-16)14-9-6-5-8-13(14)18/h5-6,8-11H,4,7H2,1-3H3,(H,19,23). The largest absolute Gasteiger partial charge is 0.348 e. The third kappa shape index (κ3) is 3.83. The lowest BCUT2D eigenvalue weighted by molar-refractivity contribution is 0.0930. The predicted molar refractivity (Wildman–Crippen MR) is 86.4 cm³/mol.